The van der Waals surface area contributed by atoms with Gasteiger partial charge in [-0.15, -0.1) is 6.58 Å². The Balaban J connectivity index is 0.000000422. The van der Waals surface area contributed by atoms with Gasteiger partial charge in [0.05, 0.1) is 4.90 Å². The van der Waals surface area contributed by atoms with Gasteiger partial charge in [-0.3, -0.25) is 9.59 Å². The number of rotatable bonds is 4. The zero-order chi connectivity index (χ0) is 16.8. The van der Waals surface area contributed by atoms with Crippen molar-refractivity contribution >= 4 is 21.8 Å². The van der Waals surface area contributed by atoms with Gasteiger partial charge in [0, 0.05) is 19.9 Å². The van der Waals surface area contributed by atoms with Crippen LogP contribution in [-0.2, 0) is 19.6 Å². The second-order valence-electron chi connectivity index (χ2n) is 4.83. The summed E-state index contributed by atoms with van der Waals surface area (Å²) in [5, 5.41) is 2.39. The Hall–Kier alpha value is -2.15. The molecule has 0 bridgehead atoms. The molecule has 0 aromatic heterocycles. The number of carbonyl (C=O) groups excluding carboxylic acids is 2. The summed E-state index contributed by atoms with van der Waals surface area (Å²) in [6.07, 6.45) is 2.36. The summed E-state index contributed by atoms with van der Waals surface area (Å²) in [5.41, 5.74) is 0. The molecule has 0 radical (unpaired) electrons. The van der Waals surface area contributed by atoms with E-state index in [2.05, 4.69) is 16.6 Å². The quantitative estimate of drug-likeness (QED) is 0.810. The van der Waals surface area contributed by atoms with E-state index in [0.717, 1.165) is 0 Å². The number of nitrogens with one attached hydrogen (secondary N) is 2. The van der Waals surface area contributed by atoms with Gasteiger partial charge in [0.25, 0.3) is 10.0 Å². The smallest absolute Gasteiger partial charge is 0.264 e. The molecule has 7 heteroatoms. The molecule has 1 aromatic rings. The van der Waals surface area contributed by atoms with Crippen LogP contribution in [0.5, 0.6) is 0 Å². The molecular formula is C15H20N2O4S. The first-order valence-corrected chi connectivity index (χ1v) is 8.22. The third kappa shape index (κ3) is 5.33. The molecule has 1 aliphatic rings. The van der Waals surface area contributed by atoms with Gasteiger partial charge < -0.3 is 5.32 Å². The molecule has 0 heterocycles. The van der Waals surface area contributed by atoms with E-state index in [0.29, 0.717) is 6.42 Å². The monoisotopic (exact) mass is 324 g/mol. The minimum Gasteiger partial charge on any atom is -0.359 e. The fourth-order valence-corrected chi connectivity index (χ4v) is 2.69. The summed E-state index contributed by atoms with van der Waals surface area (Å²) in [6.45, 7) is 5.05. The van der Waals surface area contributed by atoms with Crippen molar-refractivity contribution in [2.24, 2.45) is 11.8 Å². The van der Waals surface area contributed by atoms with Crippen LogP contribution in [0.2, 0.25) is 0 Å². The normalized spacial score (nSPS) is 19.2. The van der Waals surface area contributed by atoms with Gasteiger partial charge in [-0.1, -0.05) is 24.3 Å². The minimum atomic E-state index is -3.73. The van der Waals surface area contributed by atoms with Gasteiger partial charge in [0.1, 0.15) is 0 Å². The predicted octanol–water partition coefficient (Wildman–Crippen LogP) is 1.07. The SMILES string of the molecule is C=CC1CC1C(=O)NS(=O)(=O)c1ccccc1.CNC(C)=O. The third-order valence-corrected chi connectivity index (χ3v) is 4.48. The minimum absolute atomic E-state index is 0.00463. The molecule has 1 saturated carbocycles. The predicted molar refractivity (Wildman–Crippen MR) is 83.3 cm³/mol. The fourth-order valence-electron chi connectivity index (χ4n) is 1.64. The number of allylic oxidation sites excluding steroid dienone is 1. The number of hydrogen-bond donors (Lipinski definition) is 2. The van der Waals surface area contributed by atoms with Crippen molar-refractivity contribution in [3.8, 4) is 0 Å². The number of hydrogen-bond acceptors (Lipinski definition) is 4. The van der Waals surface area contributed by atoms with Crippen molar-refractivity contribution in [2.75, 3.05) is 7.05 Å². The Morgan fingerprint density at radius 2 is 1.82 bits per heavy atom. The molecule has 1 fully saturated rings. The number of carbonyl (C=O) groups is 2. The molecule has 120 valence electrons. The van der Waals surface area contributed by atoms with Crippen LogP contribution >= 0.6 is 0 Å². The van der Waals surface area contributed by atoms with Gasteiger partial charge in [-0.2, -0.15) is 0 Å². The van der Waals surface area contributed by atoms with Gasteiger partial charge in [0.15, 0.2) is 0 Å². The fraction of sp³-hybridized carbons (Fsp3) is 0.333. The Kier molecular flexibility index (Phi) is 6.30. The Bertz CT molecular complexity index is 641. The maximum Gasteiger partial charge on any atom is 0.264 e. The highest BCUT2D eigenvalue weighted by atomic mass is 32.2. The maximum absolute atomic E-state index is 11.8. The van der Waals surface area contributed by atoms with E-state index in [1.807, 2.05) is 0 Å². The molecule has 1 aromatic carbocycles. The summed E-state index contributed by atoms with van der Waals surface area (Å²) in [5.74, 6) is -0.573. The van der Waals surface area contributed by atoms with Crippen LogP contribution in [0, 0.1) is 11.8 Å². The summed E-state index contributed by atoms with van der Waals surface area (Å²) in [4.78, 5) is 21.4. The highest BCUT2D eigenvalue weighted by Gasteiger charge is 2.42. The molecule has 2 amide bonds. The molecule has 22 heavy (non-hydrogen) atoms. The van der Waals surface area contributed by atoms with Crippen LogP contribution in [0.15, 0.2) is 47.9 Å². The van der Waals surface area contributed by atoms with Crippen molar-refractivity contribution in [1.82, 2.24) is 10.0 Å². The van der Waals surface area contributed by atoms with Gasteiger partial charge in [-0.05, 0) is 24.5 Å². The molecule has 6 nitrogen and oxygen atoms in total. The molecule has 2 rings (SSSR count). The zero-order valence-corrected chi connectivity index (χ0v) is 13.4. The number of sulfonamides is 1. The van der Waals surface area contributed by atoms with E-state index in [1.54, 1.807) is 31.3 Å². The Labute approximate surface area is 130 Å². The summed E-state index contributed by atoms with van der Waals surface area (Å²) in [7, 11) is -2.13. The van der Waals surface area contributed by atoms with Crippen molar-refractivity contribution in [3.63, 3.8) is 0 Å². The van der Waals surface area contributed by atoms with Crippen LogP contribution in [0.4, 0.5) is 0 Å². The van der Waals surface area contributed by atoms with E-state index in [-0.39, 0.29) is 22.6 Å². The molecule has 1 aliphatic carbocycles. The first kappa shape index (κ1) is 17.9. The van der Waals surface area contributed by atoms with E-state index in [1.165, 1.54) is 19.1 Å². The maximum atomic E-state index is 11.8. The topological polar surface area (TPSA) is 92.3 Å². The summed E-state index contributed by atoms with van der Waals surface area (Å²) in [6, 6.07) is 7.85. The molecule has 0 spiro atoms. The van der Waals surface area contributed by atoms with Gasteiger partial charge in [-0.25, -0.2) is 13.1 Å². The van der Waals surface area contributed by atoms with Gasteiger partial charge in [0.2, 0.25) is 11.8 Å². The lowest BCUT2D eigenvalue weighted by Gasteiger charge is -2.05. The first-order valence-electron chi connectivity index (χ1n) is 6.74. The van der Waals surface area contributed by atoms with Crippen molar-refractivity contribution in [2.45, 2.75) is 18.2 Å². The van der Waals surface area contributed by atoms with E-state index in [4.69, 9.17) is 0 Å². The second-order valence-corrected chi connectivity index (χ2v) is 6.51. The zero-order valence-electron chi connectivity index (χ0n) is 12.6. The van der Waals surface area contributed by atoms with Crippen molar-refractivity contribution in [1.29, 1.82) is 0 Å². The summed E-state index contributed by atoms with van der Waals surface area (Å²) < 4.78 is 25.7. The van der Waals surface area contributed by atoms with E-state index < -0.39 is 15.9 Å². The molecule has 2 atom stereocenters. The average molecular weight is 324 g/mol. The largest absolute Gasteiger partial charge is 0.359 e. The molecule has 2 unspecified atom stereocenters. The lowest BCUT2D eigenvalue weighted by atomic mass is 10.3. The number of benzene rings is 1. The second kappa shape index (κ2) is 7.74. The van der Waals surface area contributed by atoms with E-state index in [9.17, 15) is 18.0 Å². The lowest BCUT2D eigenvalue weighted by Crippen LogP contribution is -2.32. The van der Waals surface area contributed by atoms with Crippen molar-refractivity contribution < 1.29 is 18.0 Å². The number of amides is 2. The lowest BCUT2D eigenvalue weighted by molar-refractivity contribution is -0.121. The van der Waals surface area contributed by atoms with Gasteiger partial charge >= 0.3 is 0 Å². The third-order valence-electron chi connectivity index (χ3n) is 3.12. The molecule has 0 saturated heterocycles. The van der Waals surface area contributed by atoms with E-state index >= 15 is 0 Å². The summed E-state index contributed by atoms with van der Waals surface area (Å²) >= 11 is 0. The first-order chi connectivity index (χ1) is 10.3. The highest BCUT2D eigenvalue weighted by molar-refractivity contribution is 7.90. The Morgan fingerprint density at radius 3 is 2.23 bits per heavy atom. The molecule has 0 aliphatic heterocycles. The van der Waals surface area contributed by atoms with Crippen LogP contribution in [0.3, 0.4) is 0 Å². The average Bonchev–Trinajstić information content (AvgIpc) is 3.28. The molecule has 2 N–H and O–H groups in total. The van der Waals surface area contributed by atoms with Crippen LogP contribution in [-0.4, -0.2) is 27.3 Å². The van der Waals surface area contributed by atoms with Crippen molar-refractivity contribution in [3.05, 3.63) is 43.0 Å². The standard InChI is InChI=1S/C12H13NO3S.C3H7NO/c1-2-9-8-11(9)12(14)13-17(15,16)10-6-4-3-5-7-10;1-3(5)4-2/h2-7,9,11H,1,8H2,(H,13,14);1-2H3,(H,4,5). The highest BCUT2D eigenvalue weighted by Crippen LogP contribution is 2.39. The van der Waals surface area contributed by atoms with Crippen LogP contribution in [0.25, 0.3) is 0 Å². The molecular weight excluding hydrogens is 304 g/mol. The van der Waals surface area contributed by atoms with Crippen LogP contribution < -0.4 is 10.0 Å². The van der Waals surface area contributed by atoms with Crippen LogP contribution in [0.1, 0.15) is 13.3 Å². The Morgan fingerprint density at radius 1 is 1.27 bits per heavy atom.